The highest BCUT2D eigenvalue weighted by Gasteiger charge is 2.22. The third kappa shape index (κ3) is 2.64. The number of hydrogen-bond donors (Lipinski definition) is 3. The molecule has 31 heavy (non-hydrogen) atoms. The summed E-state index contributed by atoms with van der Waals surface area (Å²) in [4.78, 5) is 17.9. The number of hydrogen-bond acceptors (Lipinski definition) is 7. The summed E-state index contributed by atoms with van der Waals surface area (Å²) in [6, 6.07) is 7.53. The summed E-state index contributed by atoms with van der Waals surface area (Å²) in [5.41, 5.74) is 3.42. The van der Waals surface area contributed by atoms with Gasteiger partial charge >= 0.3 is 0 Å². The number of benzene rings is 1. The van der Waals surface area contributed by atoms with Gasteiger partial charge in [0.05, 0.1) is 34.8 Å². The van der Waals surface area contributed by atoms with Gasteiger partial charge in [-0.25, -0.2) is 9.67 Å². The van der Waals surface area contributed by atoms with Crippen LogP contribution in [0.4, 0.5) is 0 Å². The average molecular weight is 432 g/mol. The number of H-pyrrole nitrogens is 2. The van der Waals surface area contributed by atoms with Crippen LogP contribution >= 0.6 is 11.3 Å². The molecule has 11 heteroatoms. The van der Waals surface area contributed by atoms with Gasteiger partial charge in [-0.15, -0.1) is 11.3 Å². The van der Waals surface area contributed by atoms with E-state index in [9.17, 15) is 9.90 Å². The minimum Gasteiger partial charge on any atom is -0.380 e. The van der Waals surface area contributed by atoms with Gasteiger partial charge in [-0.3, -0.25) is 15.0 Å². The Morgan fingerprint density at radius 3 is 2.90 bits per heavy atom. The number of rotatable bonds is 4. The van der Waals surface area contributed by atoms with Crippen molar-refractivity contribution in [3.63, 3.8) is 0 Å². The van der Waals surface area contributed by atoms with Gasteiger partial charge in [0, 0.05) is 24.0 Å². The number of nitrogens with one attached hydrogen (secondary N) is 2. The molecule has 6 rings (SSSR count). The van der Waals surface area contributed by atoms with Crippen molar-refractivity contribution >= 4 is 43.5 Å². The van der Waals surface area contributed by atoms with Crippen LogP contribution in [0.25, 0.3) is 32.2 Å². The average Bonchev–Trinajstić information content (AvgIpc) is 3.56. The van der Waals surface area contributed by atoms with Crippen molar-refractivity contribution in [1.29, 1.82) is 0 Å². The molecule has 1 aromatic carbocycles. The van der Waals surface area contributed by atoms with Crippen molar-refractivity contribution in [2.45, 2.75) is 12.6 Å². The lowest BCUT2D eigenvalue weighted by atomic mass is 10.1. The van der Waals surface area contributed by atoms with Gasteiger partial charge < -0.3 is 9.67 Å². The maximum absolute atomic E-state index is 13.3. The first-order valence-corrected chi connectivity index (χ1v) is 10.4. The Hall–Kier alpha value is -3.83. The molecule has 154 valence electrons. The Kier molecular flexibility index (Phi) is 3.82. The van der Waals surface area contributed by atoms with E-state index in [-0.39, 0.29) is 5.56 Å². The molecule has 0 aliphatic rings. The fraction of sp³-hybridized carbons (Fsp3) is 0.150. The zero-order valence-electron chi connectivity index (χ0n) is 16.3. The van der Waals surface area contributed by atoms with Crippen LogP contribution in [0, 0.1) is 0 Å². The molecule has 0 fully saturated rings. The second-order valence-electron chi connectivity index (χ2n) is 7.30. The highest BCUT2D eigenvalue weighted by Crippen LogP contribution is 2.34. The molecular formula is C20H16N8O2S. The Bertz CT molecular complexity index is 1620. The van der Waals surface area contributed by atoms with Crippen molar-refractivity contribution in [2.24, 2.45) is 7.05 Å². The molecule has 0 aliphatic heterocycles. The van der Waals surface area contributed by atoms with E-state index in [0.717, 1.165) is 26.6 Å². The SMILES string of the molecule is Cn1c2nc(C(O)c3ccn[nH]3)sc2c2cnn(Cc3cccc4[nH]ncc34)c(=O)c21. The third-order valence-electron chi connectivity index (χ3n) is 5.49. The largest absolute Gasteiger partial charge is 0.380 e. The summed E-state index contributed by atoms with van der Waals surface area (Å²) >= 11 is 1.35. The molecular weight excluding hydrogens is 416 g/mol. The molecule has 3 N–H and O–H groups in total. The highest BCUT2D eigenvalue weighted by molar-refractivity contribution is 7.19. The lowest BCUT2D eigenvalue weighted by Gasteiger charge is -2.07. The number of aliphatic hydroxyl groups is 1. The van der Waals surface area contributed by atoms with Crippen LogP contribution in [0.1, 0.15) is 22.4 Å². The van der Waals surface area contributed by atoms with Gasteiger partial charge in [0.2, 0.25) is 0 Å². The summed E-state index contributed by atoms with van der Waals surface area (Å²) < 4.78 is 4.04. The molecule has 6 aromatic rings. The van der Waals surface area contributed by atoms with E-state index in [0.29, 0.717) is 28.4 Å². The van der Waals surface area contributed by atoms with Gasteiger partial charge in [-0.05, 0) is 17.7 Å². The summed E-state index contributed by atoms with van der Waals surface area (Å²) in [5, 5.41) is 30.9. The first-order chi connectivity index (χ1) is 15.1. The number of aryl methyl sites for hydroxylation is 1. The van der Waals surface area contributed by atoms with Crippen LogP contribution in [0.3, 0.4) is 0 Å². The molecule has 1 unspecified atom stereocenters. The second-order valence-corrected chi connectivity index (χ2v) is 8.33. The molecule has 0 bridgehead atoms. The minimum atomic E-state index is -0.904. The van der Waals surface area contributed by atoms with Crippen LogP contribution in [0.2, 0.25) is 0 Å². The fourth-order valence-electron chi connectivity index (χ4n) is 3.92. The number of aliphatic hydroxyl groups excluding tert-OH is 1. The number of aromatic amines is 2. The Morgan fingerprint density at radius 1 is 1.16 bits per heavy atom. The molecule has 0 saturated heterocycles. The van der Waals surface area contributed by atoms with E-state index in [2.05, 4.69) is 30.5 Å². The Morgan fingerprint density at radius 2 is 2.06 bits per heavy atom. The molecule has 0 amide bonds. The third-order valence-corrected chi connectivity index (χ3v) is 6.62. The van der Waals surface area contributed by atoms with Gasteiger partial charge in [0.25, 0.3) is 5.56 Å². The number of aromatic nitrogens is 8. The van der Waals surface area contributed by atoms with E-state index in [1.807, 2.05) is 18.2 Å². The van der Waals surface area contributed by atoms with Gasteiger partial charge in [-0.2, -0.15) is 15.3 Å². The molecule has 0 radical (unpaired) electrons. The van der Waals surface area contributed by atoms with Crippen LogP contribution < -0.4 is 5.56 Å². The topological polar surface area (TPSA) is 130 Å². The lowest BCUT2D eigenvalue weighted by Crippen LogP contribution is -2.24. The zero-order chi connectivity index (χ0) is 21.1. The highest BCUT2D eigenvalue weighted by atomic mass is 32.1. The van der Waals surface area contributed by atoms with E-state index in [1.54, 1.807) is 36.3 Å². The van der Waals surface area contributed by atoms with E-state index in [4.69, 9.17) is 0 Å². The lowest BCUT2D eigenvalue weighted by molar-refractivity contribution is 0.215. The molecule has 5 heterocycles. The van der Waals surface area contributed by atoms with Gasteiger partial charge in [0.1, 0.15) is 16.6 Å². The predicted octanol–water partition coefficient (Wildman–Crippen LogP) is 2.07. The molecule has 0 aliphatic carbocycles. The smallest absolute Gasteiger partial charge is 0.291 e. The Balaban J connectivity index is 1.46. The van der Waals surface area contributed by atoms with Crippen molar-refractivity contribution < 1.29 is 5.11 Å². The van der Waals surface area contributed by atoms with Crippen molar-refractivity contribution in [3.05, 3.63) is 69.5 Å². The van der Waals surface area contributed by atoms with Gasteiger partial charge in [0.15, 0.2) is 5.65 Å². The predicted molar refractivity (Wildman–Crippen MR) is 116 cm³/mol. The first kappa shape index (κ1) is 18.0. The number of nitrogens with zero attached hydrogens (tertiary/aromatic N) is 6. The molecule has 5 aromatic heterocycles. The van der Waals surface area contributed by atoms with Crippen molar-refractivity contribution in [3.8, 4) is 0 Å². The summed E-state index contributed by atoms with van der Waals surface area (Å²) in [7, 11) is 1.80. The monoisotopic (exact) mass is 432 g/mol. The van der Waals surface area contributed by atoms with Crippen molar-refractivity contribution in [1.82, 2.24) is 39.7 Å². The van der Waals surface area contributed by atoms with Crippen LogP contribution in [0.15, 0.2) is 47.7 Å². The van der Waals surface area contributed by atoms with Crippen LogP contribution in [0.5, 0.6) is 0 Å². The summed E-state index contributed by atoms with van der Waals surface area (Å²) in [6.45, 7) is 0.335. The molecule has 0 saturated carbocycles. The minimum absolute atomic E-state index is 0.193. The Labute approximate surface area is 177 Å². The summed E-state index contributed by atoms with van der Waals surface area (Å²) in [6.07, 6.45) is 4.12. The number of thiazole rings is 1. The maximum atomic E-state index is 13.3. The summed E-state index contributed by atoms with van der Waals surface area (Å²) in [5.74, 6) is 0. The van der Waals surface area contributed by atoms with E-state index in [1.165, 1.54) is 16.0 Å². The van der Waals surface area contributed by atoms with E-state index < -0.39 is 6.10 Å². The second kappa shape index (κ2) is 6.59. The molecule has 1 atom stereocenters. The van der Waals surface area contributed by atoms with E-state index >= 15 is 0 Å². The van der Waals surface area contributed by atoms with Crippen LogP contribution in [-0.2, 0) is 13.6 Å². The normalized spacial score (nSPS) is 13.0. The zero-order valence-corrected chi connectivity index (χ0v) is 17.1. The standard InChI is InChI=1S/C20H16N8O2S/c1-27-15-12(17-18(27)24-19(31-17)16(29)14-5-6-21-26-14)8-23-28(20(15)30)9-10-3-2-4-13-11(10)7-22-25-13/h2-8,16,29H,9H2,1H3,(H,21,26)(H,22,25). The molecule has 10 nitrogen and oxygen atoms in total. The first-order valence-electron chi connectivity index (χ1n) is 9.55. The fourth-order valence-corrected chi connectivity index (χ4v) is 5.03. The van der Waals surface area contributed by atoms with Crippen molar-refractivity contribution in [2.75, 3.05) is 0 Å². The number of fused-ring (bicyclic) bond motifs is 4. The maximum Gasteiger partial charge on any atom is 0.291 e. The van der Waals surface area contributed by atoms with Crippen LogP contribution in [-0.4, -0.2) is 44.8 Å². The quantitative estimate of drug-likeness (QED) is 0.391. The van der Waals surface area contributed by atoms with Gasteiger partial charge in [-0.1, -0.05) is 12.1 Å². The molecule has 0 spiro atoms.